The smallest absolute Gasteiger partial charge is 0.265 e. The molecule has 2 aromatic rings. The fourth-order valence-electron chi connectivity index (χ4n) is 3.13. The van der Waals surface area contributed by atoms with Crippen LogP contribution in [0.5, 0.6) is 17.2 Å². The first-order chi connectivity index (χ1) is 13.5. The highest BCUT2D eigenvalue weighted by atomic mass is 16.5. The van der Waals surface area contributed by atoms with E-state index in [4.69, 9.17) is 14.2 Å². The Labute approximate surface area is 164 Å². The van der Waals surface area contributed by atoms with Crippen LogP contribution in [0.25, 0.3) is 0 Å². The average Bonchev–Trinajstić information content (AvgIpc) is 2.70. The summed E-state index contributed by atoms with van der Waals surface area (Å²) >= 11 is 0. The van der Waals surface area contributed by atoms with Crippen molar-refractivity contribution in [2.75, 3.05) is 37.6 Å². The molecule has 28 heavy (non-hydrogen) atoms. The lowest BCUT2D eigenvalue weighted by atomic mass is 10.1. The van der Waals surface area contributed by atoms with Crippen LogP contribution in [0.2, 0.25) is 0 Å². The number of nitrogens with one attached hydrogen (secondary N) is 1. The molecule has 7 heteroatoms. The molecule has 1 N–H and O–H groups in total. The van der Waals surface area contributed by atoms with Crippen LogP contribution in [-0.2, 0) is 16.0 Å². The number of carbonyl (C=O) groups excluding carboxylic acids is 2. The molecule has 0 aromatic heterocycles. The lowest BCUT2D eigenvalue weighted by Gasteiger charge is -2.29. The van der Waals surface area contributed by atoms with Gasteiger partial charge in [-0.3, -0.25) is 9.59 Å². The molecule has 1 aliphatic heterocycles. The SMILES string of the molecule is CCCN1C(=O)COc2ccc(NC(=O)Cc3ccc(OC)c(OC)c3)cc21. The quantitative estimate of drug-likeness (QED) is 0.794. The maximum absolute atomic E-state index is 12.5. The van der Waals surface area contributed by atoms with Crippen LogP contribution in [0.15, 0.2) is 36.4 Å². The minimum Gasteiger partial charge on any atom is -0.493 e. The first-order valence-corrected chi connectivity index (χ1v) is 9.13. The third kappa shape index (κ3) is 4.19. The number of hydrogen-bond acceptors (Lipinski definition) is 5. The van der Waals surface area contributed by atoms with Gasteiger partial charge in [0.2, 0.25) is 5.91 Å². The number of nitrogens with zero attached hydrogens (tertiary/aromatic N) is 1. The normalized spacial score (nSPS) is 12.8. The molecule has 0 bridgehead atoms. The van der Waals surface area contributed by atoms with E-state index in [1.807, 2.05) is 13.0 Å². The number of carbonyl (C=O) groups is 2. The van der Waals surface area contributed by atoms with Crippen molar-refractivity contribution in [2.45, 2.75) is 19.8 Å². The zero-order valence-electron chi connectivity index (χ0n) is 16.3. The van der Waals surface area contributed by atoms with E-state index in [0.717, 1.165) is 12.0 Å². The van der Waals surface area contributed by atoms with Gasteiger partial charge in [0, 0.05) is 12.2 Å². The topological polar surface area (TPSA) is 77.1 Å². The van der Waals surface area contributed by atoms with Crippen molar-refractivity contribution in [3.63, 3.8) is 0 Å². The summed E-state index contributed by atoms with van der Waals surface area (Å²) in [4.78, 5) is 26.3. The molecule has 148 valence electrons. The van der Waals surface area contributed by atoms with Gasteiger partial charge in [-0.25, -0.2) is 0 Å². The number of anilines is 2. The van der Waals surface area contributed by atoms with E-state index in [1.165, 1.54) is 0 Å². The van der Waals surface area contributed by atoms with Gasteiger partial charge >= 0.3 is 0 Å². The molecule has 0 unspecified atom stereocenters. The highest BCUT2D eigenvalue weighted by Crippen LogP contribution is 2.35. The van der Waals surface area contributed by atoms with Gasteiger partial charge in [0.05, 0.1) is 26.3 Å². The van der Waals surface area contributed by atoms with Crippen LogP contribution in [-0.4, -0.2) is 39.2 Å². The summed E-state index contributed by atoms with van der Waals surface area (Å²) in [5, 5.41) is 2.88. The Morgan fingerprint density at radius 1 is 1.14 bits per heavy atom. The number of fused-ring (bicyclic) bond motifs is 1. The van der Waals surface area contributed by atoms with Crippen molar-refractivity contribution in [1.29, 1.82) is 0 Å². The zero-order chi connectivity index (χ0) is 20.1. The Morgan fingerprint density at radius 3 is 2.64 bits per heavy atom. The Morgan fingerprint density at radius 2 is 1.93 bits per heavy atom. The lowest BCUT2D eigenvalue weighted by Crippen LogP contribution is -2.39. The standard InChI is InChI=1S/C21H24N2O5/c1-4-9-23-16-12-15(6-8-17(16)28-13-21(23)25)22-20(24)11-14-5-7-18(26-2)19(10-14)27-3/h5-8,10,12H,4,9,11,13H2,1-3H3,(H,22,24). The fraction of sp³-hybridized carbons (Fsp3) is 0.333. The predicted molar refractivity (Wildman–Crippen MR) is 106 cm³/mol. The molecule has 0 spiro atoms. The van der Waals surface area contributed by atoms with Gasteiger partial charge in [-0.2, -0.15) is 0 Å². The van der Waals surface area contributed by atoms with Crippen molar-refractivity contribution < 1.29 is 23.8 Å². The first-order valence-electron chi connectivity index (χ1n) is 9.13. The molecule has 1 aliphatic rings. The van der Waals surface area contributed by atoms with Crippen LogP contribution in [0.3, 0.4) is 0 Å². The fourth-order valence-corrected chi connectivity index (χ4v) is 3.13. The summed E-state index contributed by atoms with van der Waals surface area (Å²) in [7, 11) is 3.12. The highest BCUT2D eigenvalue weighted by Gasteiger charge is 2.25. The maximum Gasteiger partial charge on any atom is 0.265 e. The summed E-state index contributed by atoms with van der Waals surface area (Å²) in [6.07, 6.45) is 1.02. The molecule has 3 rings (SSSR count). The predicted octanol–water partition coefficient (Wildman–Crippen LogP) is 3.02. The molecule has 0 saturated carbocycles. The van der Waals surface area contributed by atoms with Crippen LogP contribution in [0.4, 0.5) is 11.4 Å². The number of benzene rings is 2. The average molecular weight is 384 g/mol. The Hall–Kier alpha value is -3.22. The molecule has 7 nitrogen and oxygen atoms in total. The summed E-state index contributed by atoms with van der Waals surface area (Å²) in [5.74, 6) is 1.58. The van der Waals surface area contributed by atoms with Crippen molar-refractivity contribution in [1.82, 2.24) is 0 Å². The van der Waals surface area contributed by atoms with E-state index in [-0.39, 0.29) is 24.8 Å². The monoisotopic (exact) mass is 384 g/mol. The summed E-state index contributed by atoms with van der Waals surface area (Å²) in [6.45, 7) is 2.66. The van der Waals surface area contributed by atoms with E-state index in [0.29, 0.717) is 35.2 Å². The molecular weight excluding hydrogens is 360 g/mol. The van der Waals surface area contributed by atoms with Gasteiger partial charge in [-0.05, 0) is 42.3 Å². The van der Waals surface area contributed by atoms with E-state index in [9.17, 15) is 9.59 Å². The van der Waals surface area contributed by atoms with Gasteiger partial charge in [-0.15, -0.1) is 0 Å². The number of amides is 2. The largest absolute Gasteiger partial charge is 0.493 e. The van der Waals surface area contributed by atoms with E-state index in [2.05, 4.69) is 5.32 Å². The first kappa shape index (κ1) is 19.5. The Balaban J connectivity index is 1.73. The van der Waals surface area contributed by atoms with Crippen molar-refractivity contribution in [3.05, 3.63) is 42.0 Å². The maximum atomic E-state index is 12.5. The molecule has 1 heterocycles. The van der Waals surface area contributed by atoms with Gasteiger partial charge in [-0.1, -0.05) is 13.0 Å². The minimum atomic E-state index is -0.169. The number of hydrogen-bond donors (Lipinski definition) is 1. The summed E-state index contributed by atoms with van der Waals surface area (Å²) < 4.78 is 16.0. The number of ether oxygens (including phenoxy) is 3. The number of rotatable bonds is 7. The minimum absolute atomic E-state index is 0.0397. The van der Waals surface area contributed by atoms with Crippen LogP contribution >= 0.6 is 0 Å². The van der Waals surface area contributed by atoms with E-state index < -0.39 is 0 Å². The van der Waals surface area contributed by atoms with Crippen LogP contribution < -0.4 is 24.4 Å². The van der Waals surface area contributed by atoms with Gasteiger partial charge < -0.3 is 24.4 Å². The summed E-state index contributed by atoms with van der Waals surface area (Å²) in [6, 6.07) is 10.7. The third-order valence-corrected chi connectivity index (χ3v) is 4.45. The molecular formula is C21H24N2O5. The second-order valence-corrected chi connectivity index (χ2v) is 6.43. The molecule has 0 radical (unpaired) electrons. The second-order valence-electron chi connectivity index (χ2n) is 6.43. The zero-order valence-corrected chi connectivity index (χ0v) is 16.3. The third-order valence-electron chi connectivity index (χ3n) is 4.45. The number of methoxy groups -OCH3 is 2. The highest BCUT2D eigenvalue weighted by molar-refractivity contribution is 5.99. The second kappa shape index (κ2) is 8.65. The van der Waals surface area contributed by atoms with Crippen LogP contribution in [0.1, 0.15) is 18.9 Å². The van der Waals surface area contributed by atoms with Gasteiger partial charge in [0.25, 0.3) is 5.91 Å². The van der Waals surface area contributed by atoms with Crippen molar-refractivity contribution in [3.8, 4) is 17.2 Å². The van der Waals surface area contributed by atoms with E-state index >= 15 is 0 Å². The van der Waals surface area contributed by atoms with Crippen LogP contribution in [0, 0.1) is 0 Å². The van der Waals surface area contributed by atoms with Gasteiger partial charge in [0.15, 0.2) is 18.1 Å². The van der Waals surface area contributed by atoms with Crippen molar-refractivity contribution >= 4 is 23.2 Å². The molecule has 0 fully saturated rings. The van der Waals surface area contributed by atoms with Crippen molar-refractivity contribution in [2.24, 2.45) is 0 Å². The molecule has 2 amide bonds. The molecule has 2 aromatic carbocycles. The molecule has 0 saturated heterocycles. The van der Waals surface area contributed by atoms with Gasteiger partial charge in [0.1, 0.15) is 5.75 Å². The lowest BCUT2D eigenvalue weighted by molar-refractivity contribution is -0.121. The Bertz CT molecular complexity index is 881. The molecule has 0 aliphatic carbocycles. The summed E-state index contributed by atoms with van der Waals surface area (Å²) in [5.41, 5.74) is 2.10. The Kier molecular flexibility index (Phi) is 6.03. The van der Waals surface area contributed by atoms with E-state index in [1.54, 1.807) is 49.5 Å². The molecule has 0 atom stereocenters.